The van der Waals surface area contributed by atoms with Gasteiger partial charge in [0.1, 0.15) is 0 Å². The number of thiophene rings is 1. The molecule has 5 aromatic rings. The molecule has 0 bridgehead atoms. The minimum atomic E-state index is -0.0636. The summed E-state index contributed by atoms with van der Waals surface area (Å²) in [6.45, 7) is 1.21. The SMILES string of the molecule is O=C(NCc1cccs1)c1ccc(Cn2c(SCc3ccccc3)nc3ccncc32)cc1. The Labute approximate surface area is 200 Å². The van der Waals surface area contributed by atoms with Gasteiger partial charge in [-0.25, -0.2) is 4.98 Å². The average molecular weight is 471 g/mol. The van der Waals surface area contributed by atoms with Crippen LogP contribution >= 0.6 is 23.1 Å². The number of hydrogen-bond acceptors (Lipinski definition) is 5. The molecule has 0 fully saturated rings. The number of fused-ring (bicyclic) bond motifs is 1. The van der Waals surface area contributed by atoms with Crippen LogP contribution in [0, 0.1) is 0 Å². The molecule has 0 aliphatic rings. The molecule has 0 aliphatic carbocycles. The lowest BCUT2D eigenvalue weighted by atomic mass is 10.1. The number of amides is 1. The normalized spacial score (nSPS) is 11.0. The van der Waals surface area contributed by atoms with E-state index in [-0.39, 0.29) is 5.91 Å². The highest BCUT2D eigenvalue weighted by molar-refractivity contribution is 7.98. The van der Waals surface area contributed by atoms with E-state index in [1.807, 2.05) is 60.1 Å². The van der Waals surface area contributed by atoms with E-state index in [4.69, 9.17) is 4.98 Å². The Morgan fingerprint density at radius 3 is 2.61 bits per heavy atom. The molecule has 5 rings (SSSR count). The molecule has 0 unspecified atom stereocenters. The number of aromatic nitrogens is 3. The van der Waals surface area contributed by atoms with Crippen molar-refractivity contribution in [1.29, 1.82) is 0 Å². The molecule has 7 heteroatoms. The quantitative estimate of drug-likeness (QED) is 0.293. The van der Waals surface area contributed by atoms with Crippen molar-refractivity contribution in [1.82, 2.24) is 19.9 Å². The number of thioether (sulfide) groups is 1. The highest BCUT2D eigenvalue weighted by Gasteiger charge is 2.13. The van der Waals surface area contributed by atoms with E-state index in [0.29, 0.717) is 18.7 Å². The number of carbonyl (C=O) groups excluding carboxylic acids is 1. The van der Waals surface area contributed by atoms with E-state index < -0.39 is 0 Å². The molecule has 3 aromatic heterocycles. The Kier molecular flexibility index (Phi) is 6.51. The highest BCUT2D eigenvalue weighted by atomic mass is 32.2. The summed E-state index contributed by atoms with van der Waals surface area (Å²) in [5.74, 6) is 0.785. The molecule has 3 heterocycles. The predicted octanol–water partition coefficient (Wildman–Crippen LogP) is 5.76. The van der Waals surface area contributed by atoms with Gasteiger partial charge < -0.3 is 9.88 Å². The Bertz CT molecular complexity index is 1350. The molecule has 0 radical (unpaired) electrons. The van der Waals surface area contributed by atoms with Gasteiger partial charge in [-0.3, -0.25) is 9.78 Å². The summed E-state index contributed by atoms with van der Waals surface area (Å²) in [5.41, 5.74) is 4.97. The van der Waals surface area contributed by atoms with Crippen LogP contribution in [0.5, 0.6) is 0 Å². The van der Waals surface area contributed by atoms with Gasteiger partial charge in [-0.15, -0.1) is 11.3 Å². The van der Waals surface area contributed by atoms with Crippen molar-refractivity contribution in [3.63, 3.8) is 0 Å². The van der Waals surface area contributed by atoms with Gasteiger partial charge in [0.2, 0.25) is 0 Å². The van der Waals surface area contributed by atoms with Crippen molar-refractivity contribution >= 4 is 40.0 Å². The number of nitrogens with zero attached hydrogens (tertiary/aromatic N) is 3. The zero-order chi connectivity index (χ0) is 22.5. The zero-order valence-electron chi connectivity index (χ0n) is 17.8. The van der Waals surface area contributed by atoms with E-state index in [1.165, 1.54) is 5.56 Å². The third-order valence-electron chi connectivity index (χ3n) is 5.29. The maximum absolute atomic E-state index is 12.5. The third kappa shape index (κ3) is 5.16. The fraction of sp³-hybridized carbons (Fsp3) is 0.115. The number of benzene rings is 2. The number of nitrogens with one attached hydrogen (secondary N) is 1. The molecule has 2 aromatic carbocycles. The topological polar surface area (TPSA) is 59.8 Å². The molecule has 1 N–H and O–H groups in total. The van der Waals surface area contributed by atoms with E-state index in [1.54, 1.807) is 29.3 Å². The first-order valence-corrected chi connectivity index (χ1v) is 12.5. The molecule has 0 atom stereocenters. The smallest absolute Gasteiger partial charge is 0.251 e. The molecular weight excluding hydrogens is 448 g/mol. The highest BCUT2D eigenvalue weighted by Crippen LogP contribution is 2.27. The van der Waals surface area contributed by atoms with Gasteiger partial charge in [0, 0.05) is 22.4 Å². The summed E-state index contributed by atoms with van der Waals surface area (Å²) in [7, 11) is 0. The maximum Gasteiger partial charge on any atom is 0.251 e. The van der Waals surface area contributed by atoms with Crippen LogP contribution in [-0.2, 0) is 18.8 Å². The molecule has 0 aliphatic heterocycles. The Morgan fingerprint density at radius 1 is 0.970 bits per heavy atom. The fourth-order valence-corrected chi connectivity index (χ4v) is 5.17. The van der Waals surface area contributed by atoms with Gasteiger partial charge in [-0.2, -0.15) is 0 Å². The first-order valence-electron chi connectivity index (χ1n) is 10.6. The van der Waals surface area contributed by atoms with Crippen LogP contribution < -0.4 is 5.32 Å². The maximum atomic E-state index is 12.5. The lowest BCUT2D eigenvalue weighted by Gasteiger charge is -2.10. The molecular formula is C26H22N4OS2. The lowest BCUT2D eigenvalue weighted by Crippen LogP contribution is -2.22. The van der Waals surface area contributed by atoms with Crippen molar-refractivity contribution < 1.29 is 4.79 Å². The van der Waals surface area contributed by atoms with Gasteiger partial charge in [-0.05, 0) is 40.8 Å². The van der Waals surface area contributed by atoms with Crippen molar-refractivity contribution in [3.05, 3.63) is 112 Å². The summed E-state index contributed by atoms with van der Waals surface area (Å²) in [6.07, 6.45) is 3.64. The zero-order valence-corrected chi connectivity index (χ0v) is 19.5. The second-order valence-corrected chi connectivity index (χ2v) is 9.55. The number of imidazole rings is 1. The van der Waals surface area contributed by atoms with Gasteiger partial charge in [-0.1, -0.05) is 60.3 Å². The largest absolute Gasteiger partial charge is 0.347 e. The molecule has 1 amide bonds. The van der Waals surface area contributed by atoms with Gasteiger partial charge in [0.15, 0.2) is 5.16 Å². The first-order chi connectivity index (χ1) is 16.3. The van der Waals surface area contributed by atoms with Crippen LogP contribution in [-0.4, -0.2) is 20.4 Å². The van der Waals surface area contributed by atoms with Gasteiger partial charge in [0.25, 0.3) is 5.91 Å². The van der Waals surface area contributed by atoms with Crippen molar-refractivity contribution in [2.75, 3.05) is 0 Å². The van der Waals surface area contributed by atoms with Crippen LogP contribution in [0.3, 0.4) is 0 Å². The van der Waals surface area contributed by atoms with Gasteiger partial charge in [0.05, 0.1) is 30.3 Å². The van der Waals surface area contributed by atoms with Crippen molar-refractivity contribution in [2.45, 2.75) is 24.0 Å². The standard InChI is InChI=1S/C26H22N4OS2/c31-25(28-15-22-7-4-14-32-22)21-10-8-19(9-11-21)17-30-24-16-27-13-12-23(24)29-26(30)33-18-20-5-2-1-3-6-20/h1-14,16H,15,17-18H2,(H,28,31). The van der Waals surface area contributed by atoms with Crippen LogP contribution in [0.1, 0.15) is 26.4 Å². The van der Waals surface area contributed by atoms with E-state index in [9.17, 15) is 4.79 Å². The minimum Gasteiger partial charge on any atom is -0.347 e. The summed E-state index contributed by atoms with van der Waals surface area (Å²) < 4.78 is 2.20. The molecule has 33 heavy (non-hydrogen) atoms. The number of rotatable bonds is 8. The van der Waals surface area contributed by atoms with Gasteiger partial charge >= 0.3 is 0 Å². The summed E-state index contributed by atoms with van der Waals surface area (Å²) in [6, 6.07) is 24.1. The first kappa shape index (κ1) is 21.4. The summed E-state index contributed by atoms with van der Waals surface area (Å²) >= 11 is 3.36. The van der Waals surface area contributed by atoms with Crippen molar-refractivity contribution in [3.8, 4) is 0 Å². The lowest BCUT2D eigenvalue weighted by molar-refractivity contribution is 0.0951. The van der Waals surface area contributed by atoms with Crippen LogP contribution in [0.4, 0.5) is 0 Å². The van der Waals surface area contributed by atoms with Crippen LogP contribution in [0.25, 0.3) is 11.0 Å². The Balaban J connectivity index is 1.32. The second-order valence-electron chi connectivity index (χ2n) is 7.58. The summed E-state index contributed by atoms with van der Waals surface area (Å²) in [4.78, 5) is 22.8. The molecule has 0 saturated heterocycles. The van der Waals surface area contributed by atoms with E-state index >= 15 is 0 Å². The minimum absolute atomic E-state index is 0.0636. The number of pyridine rings is 1. The fourth-order valence-electron chi connectivity index (χ4n) is 3.56. The Hall–Kier alpha value is -3.42. The molecule has 5 nitrogen and oxygen atoms in total. The number of carbonyl (C=O) groups is 1. The van der Waals surface area contributed by atoms with E-state index in [2.05, 4.69) is 39.1 Å². The second kappa shape index (κ2) is 10.0. The van der Waals surface area contributed by atoms with Crippen molar-refractivity contribution in [2.24, 2.45) is 0 Å². The predicted molar refractivity (Wildman–Crippen MR) is 135 cm³/mol. The van der Waals surface area contributed by atoms with Crippen LogP contribution in [0.15, 0.2) is 95.7 Å². The van der Waals surface area contributed by atoms with E-state index in [0.717, 1.165) is 32.4 Å². The molecule has 164 valence electrons. The average Bonchev–Trinajstić information content (AvgIpc) is 3.51. The number of hydrogen-bond donors (Lipinski definition) is 1. The molecule has 0 saturated carbocycles. The van der Waals surface area contributed by atoms with Crippen LogP contribution in [0.2, 0.25) is 0 Å². The Morgan fingerprint density at radius 2 is 1.82 bits per heavy atom. The molecule has 0 spiro atoms. The third-order valence-corrected chi connectivity index (χ3v) is 7.21. The monoisotopic (exact) mass is 470 g/mol. The summed E-state index contributed by atoms with van der Waals surface area (Å²) in [5, 5.41) is 5.95.